The number of anilines is 1. The van der Waals surface area contributed by atoms with Crippen LogP contribution in [0.5, 0.6) is 5.75 Å². The van der Waals surface area contributed by atoms with Crippen LogP contribution in [0.2, 0.25) is 0 Å². The van der Waals surface area contributed by atoms with Crippen LogP contribution in [-0.4, -0.2) is 41.9 Å². The summed E-state index contributed by atoms with van der Waals surface area (Å²) in [5.41, 5.74) is 3.45. The molecule has 0 saturated heterocycles. The van der Waals surface area contributed by atoms with E-state index in [4.69, 9.17) is 9.94 Å². The van der Waals surface area contributed by atoms with Gasteiger partial charge in [0.15, 0.2) is 0 Å². The maximum absolute atomic E-state index is 12.6. The van der Waals surface area contributed by atoms with Gasteiger partial charge in [0.25, 0.3) is 5.91 Å². The molecule has 0 aromatic heterocycles. The summed E-state index contributed by atoms with van der Waals surface area (Å²) in [5, 5.41) is 9.11. The van der Waals surface area contributed by atoms with Crippen molar-refractivity contribution in [3.8, 4) is 5.75 Å². The van der Waals surface area contributed by atoms with Gasteiger partial charge in [-0.2, -0.15) is 0 Å². The Morgan fingerprint density at radius 2 is 2.20 bits per heavy atom. The van der Waals surface area contributed by atoms with Crippen molar-refractivity contribution in [1.82, 2.24) is 4.90 Å². The van der Waals surface area contributed by atoms with Gasteiger partial charge >= 0.3 is 0 Å². The van der Waals surface area contributed by atoms with Gasteiger partial charge in [-0.25, -0.2) is 0 Å². The van der Waals surface area contributed by atoms with E-state index in [1.54, 1.807) is 23.2 Å². The van der Waals surface area contributed by atoms with Crippen LogP contribution in [0, 0.1) is 0 Å². The maximum atomic E-state index is 12.6. The lowest BCUT2D eigenvalue weighted by Crippen LogP contribution is -2.39. The molecule has 0 bridgehead atoms. The number of amides is 1. The molecule has 6 heteroatoms. The van der Waals surface area contributed by atoms with Crippen LogP contribution in [0.1, 0.15) is 30.6 Å². The fourth-order valence-electron chi connectivity index (χ4n) is 2.36. The van der Waals surface area contributed by atoms with E-state index in [0.717, 1.165) is 6.42 Å². The van der Waals surface area contributed by atoms with Crippen LogP contribution in [0.25, 0.3) is 0 Å². The van der Waals surface area contributed by atoms with Gasteiger partial charge in [0.05, 0.1) is 24.4 Å². The molecule has 0 saturated carbocycles. The zero-order valence-electron chi connectivity index (χ0n) is 11.9. The Morgan fingerprint density at radius 1 is 1.45 bits per heavy atom. The molecule has 2 rings (SSSR count). The number of aliphatic imine (C=N–C) groups is 1. The molecule has 108 valence electrons. The third-order valence-corrected chi connectivity index (χ3v) is 3.47. The molecule has 1 atom stereocenters. The van der Waals surface area contributed by atoms with E-state index in [-0.39, 0.29) is 11.9 Å². The van der Waals surface area contributed by atoms with Gasteiger partial charge in [-0.05, 0) is 25.5 Å². The first-order valence-electron chi connectivity index (χ1n) is 6.63. The first kappa shape index (κ1) is 14.3. The molecule has 1 unspecified atom stereocenters. The van der Waals surface area contributed by atoms with Crippen LogP contribution in [-0.2, 0) is 0 Å². The molecular weight excluding hydrogens is 258 g/mol. The highest BCUT2D eigenvalue weighted by Gasteiger charge is 2.27. The minimum absolute atomic E-state index is 0.0172. The summed E-state index contributed by atoms with van der Waals surface area (Å²) >= 11 is 0. The lowest BCUT2D eigenvalue weighted by molar-refractivity contribution is 0.0738. The van der Waals surface area contributed by atoms with Gasteiger partial charge in [0, 0.05) is 12.8 Å². The van der Waals surface area contributed by atoms with E-state index >= 15 is 0 Å². The summed E-state index contributed by atoms with van der Waals surface area (Å²) in [5.74, 6) is 0.329. The zero-order valence-corrected chi connectivity index (χ0v) is 11.9. The Hall–Kier alpha value is -2.08. The van der Waals surface area contributed by atoms with E-state index in [1.807, 2.05) is 13.8 Å². The Morgan fingerprint density at radius 3 is 2.75 bits per heavy atom. The number of carbonyl (C=O) groups excluding carboxylic acids is 1. The molecule has 1 aliphatic rings. The summed E-state index contributed by atoms with van der Waals surface area (Å²) in [6, 6.07) is 3.19. The number of ether oxygens (including phenoxy) is 1. The van der Waals surface area contributed by atoms with E-state index in [1.165, 1.54) is 7.11 Å². The number of hydrogen-bond acceptors (Lipinski definition) is 5. The lowest BCUT2D eigenvalue weighted by Gasteiger charge is -2.26. The van der Waals surface area contributed by atoms with Gasteiger partial charge in [-0.1, -0.05) is 6.92 Å². The summed E-state index contributed by atoms with van der Waals surface area (Å²) < 4.78 is 5.17. The average molecular weight is 277 g/mol. The second-order valence-corrected chi connectivity index (χ2v) is 4.53. The Bertz CT molecular complexity index is 543. The number of benzene rings is 1. The van der Waals surface area contributed by atoms with Crippen molar-refractivity contribution in [3.05, 3.63) is 17.7 Å². The maximum Gasteiger partial charge on any atom is 0.256 e. The predicted molar refractivity (Wildman–Crippen MR) is 77.3 cm³/mol. The first-order valence-corrected chi connectivity index (χ1v) is 6.63. The molecule has 6 nitrogen and oxygen atoms in total. The molecule has 0 aliphatic carbocycles. The van der Waals surface area contributed by atoms with Crippen molar-refractivity contribution in [2.24, 2.45) is 4.99 Å². The van der Waals surface area contributed by atoms with Gasteiger partial charge in [0.1, 0.15) is 11.4 Å². The van der Waals surface area contributed by atoms with E-state index in [2.05, 4.69) is 10.5 Å². The molecule has 0 radical (unpaired) electrons. The van der Waals surface area contributed by atoms with Crippen molar-refractivity contribution < 1.29 is 14.7 Å². The smallest absolute Gasteiger partial charge is 0.256 e. The summed E-state index contributed by atoms with van der Waals surface area (Å²) in [7, 11) is 1.49. The minimum Gasteiger partial charge on any atom is -0.494 e. The van der Waals surface area contributed by atoms with E-state index < -0.39 is 0 Å². The molecule has 1 amide bonds. The van der Waals surface area contributed by atoms with Crippen LogP contribution < -0.4 is 10.2 Å². The fourth-order valence-corrected chi connectivity index (χ4v) is 2.36. The Kier molecular flexibility index (Phi) is 4.24. The van der Waals surface area contributed by atoms with Crippen LogP contribution >= 0.6 is 0 Å². The topological polar surface area (TPSA) is 74.2 Å². The molecule has 2 N–H and O–H groups in total. The van der Waals surface area contributed by atoms with Crippen molar-refractivity contribution in [3.63, 3.8) is 0 Å². The van der Waals surface area contributed by atoms with E-state index in [0.29, 0.717) is 29.2 Å². The molecule has 1 aromatic rings. The summed E-state index contributed by atoms with van der Waals surface area (Å²) in [4.78, 5) is 18.8. The second-order valence-electron chi connectivity index (χ2n) is 4.53. The molecule has 1 heterocycles. The number of rotatable bonds is 4. The monoisotopic (exact) mass is 277 g/mol. The molecule has 1 aromatic carbocycles. The number of hydrogen-bond donors (Lipinski definition) is 2. The van der Waals surface area contributed by atoms with E-state index in [9.17, 15) is 4.79 Å². The molecule has 1 aliphatic heterocycles. The Labute approximate surface area is 118 Å². The lowest BCUT2D eigenvalue weighted by atomic mass is 10.1. The van der Waals surface area contributed by atoms with Gasteiger partial charge < -0.3 is 9.64 Å². The summed E-state index contributed by atoms with van der Waals surface area (Å²) in [6.45, 7) is 4.58. The number of nitrogens with zero attached hydrogens (tertiary/aromatic N) is 2. The molecule has 20 heavy (non-hydrogen) atoms. The van der Waals surface area contributed by atoms with Crippen molar-refractivity contribution >= 4 is 23.5 Å². The number of methoxy groups -OCH3 is 1. The average Bonchev–Trinajstić information content (AvgIpc) is 2.62. The third-order valence-electron chi connectivity index (χ3n) is 3.47. The number of nitrogens with one attached hydrogen (secondary N) is 1. The number of fused-ring (bicyclic) bond motifs is 1. The number of carbonyl (C=O) groups is 1. The minimum atomic E-state index is -0.0744. The highest BCUT2D eigenvalue weighted by atomic mass is 16.5. The van der Waals surface area contributed by atoms with Crippen molar-refractivity contribution in [2.45, 2.75) is 26.3 Å². The molecular formula is C14H19N3O3. The quantitative estimate of drug-likeness (QED) is 0.829. The van der Waals surface area contributed by atoms with Crippen LogP contribution in [0.4, 0.5) is 11.4 Å². The normalized spacial score (nSPS) is 17.7. The van der Waals surface area contributed by atoms with Crippen LogP contribution in [0.3, 0.4) is 0 Å². The highest BCUT2D eigenvalue weighted by molar-refractivity contribution is 6.03. The molecule has 0 spiro atoms. The fraction of sp³-hybridized carbons (Fsp3) is 0.429. The standard InChI is InChI=1S/C14H19N3O3/c1-4-9-8-15-11-7-12(16-19)13(20-3)6-10(11)14(18)17(9)5-2/h6-9,16,19H,4-5H2,1-3H3. The van der Waals surface area contributed by atoms with Gasteiger partial charge in [-0.15, -0.1) is 0 Å². The third kappa shape index (κ3) is 2.34. The zero-order chi connectivity index (χ0) is 14.7. The van der Waals surface area contributed by atoms with Crippen molar-refractivity contribution in [2.75, 3.05) is 19.1 Å². The van der Waals surface area contributed by atoms with Crippen molar-refractivity contribution in [1.29, 1.82) is 0 Å². The Balaban J connectivity index is 2.56. The highest BCUT2D eigenvalue weighted by Crippen LogP contribution is 2.35. The molecule has 0 fully saturated rings. The SMILES string of the molecule is CCC1C=Nc2cc(NO)c(OC)cc2C(=O)N1CC. The predicted octanol–water partition coefficient (Wildman–Crippen LogP) is 2.45. The van der Waals surface area contributed by atoms with Gasteiger partial charge in [0.2, 0.25) is 0 Å². The first-order chi connectivity index (χ1) is 9.65. The largest absolute Gasteiger partial charge is 0.494 e. The second kappa shape index (κ2) is 5.92. The van der Waals surface area contributed by atoms with Gasteiger partial charge in [-0.3, -0.25) is 20.5 Å². The summed E-state index contributed by atoms with van der Waals surface area (Å²) in [6.07, 6.45) is 2.58. The van der Waals surface area contributed by atoms with Crippen LogP contribution in [0.15, 0.2) is 17.1 Å².